The van der Waals surface area contributed by atoms with Crippen molar-refractivity contribution in [3.8, 4) is 39.9 Å². The number of fused-ring (bicyclic) bond motifs is 1. The monoisotopic (exact) mass is 463 g/mol. The Kier molecular flexibility index (Phi) is 8.33. The minimum absolute atomic E-state index is 0.213. The lowest BCUT2D eigenvalue weighted by Gasteiger charge is -2.19. The fraction of sp³-hybridized carbons (Fsp3) is 0.407. The van der Waals surface area contributed by atoms with Crippen LogP contribution in [0.15, 0.2) is 48.5 Å². The molecule has 0 saturated heterocycles. The van der Waals surface area contributed by atoms with Gasteiger partial charge in [-0.3, -0.25) is 0 Å². The zero-order valence-corrected chi connectivity index (χ0v) is 19.9. The van der Waals surface area contributed by atoms with Crippen LogP contribution in [0.1, 0.15) is 31.9 Å². The molecule has 34 heavy (non-hydrogen) atoms. The topological polar surface area (TPSA) is 85.7 Å². The van der Waals surface area contributed by atoms with Gasteiger partial charge < -0.3 is 24.6 Å². The van der Waals surface area contributed by atoms with E-state index in [0.717, 1.165) is 59.7 Å². The summed E-state index contributed by atoms with van der Waals surface area (Å²) in [7, 11) is 1.80. The summed E-state index contributed by atoms with van der Waals surface area (Å²) in [6, 6.07) is 15.7. The van der Waals surface area contributed by atoms with Crippen molar-refractivity contribution in [2.45, 2.75) is 38.7 Å². The Morgan fingerprint density at radius 2 is 1.85 bits per heavy atom. The lowest BCUT2D eigenvalue weighted by atomic mass is 10.1. The Morgan fingerprint density at radius 3 is 2.68 bits per heavy atom. The van der Waals surface area contributed by atoms with E-state index < -0.39 is 6.10 Å². The molecule has 2 aromatic carbocycles. The van der Waals surface area contributed by atoms with Crippen LogP contribution < -0.4 is 19.5 Å². The number of aryl methyl sites for hydroxylation is 1. The molecule has 0 amide bonds. The number of likely N-dealkylation sites (N-methyl/N-ethyl adjacent to an activating group) is 1. The van der Waals surface area contributed by atoms with E-state index in [1.807, 2.05) is 42.5 Å². The summed E-state index contributed by atoms with van der Waals surface area (Å²) in [6.45, 7) is 4.00. The van der Waals surface area contributed by atoms with Gasteiger partial charge in [0.15, 0.2) is 17.3 Å². The van der Waals surface area contributed by atoms with E-state index >= 15 is 0 Å². The molecule has 2 heterocycles. The minimum atomic E-state index is -0.575. The number of unbranched alkanes of at least 4 members (excludes halogenated alkanes) is 2. The van der Waals surface area contributed by atoms with Crippen LogP contribution in [-0.2, 0) is 6.42 Å². The largest absolute Gasteiger partial charge is 0.491 e. The second-order valence-electron chi connectivity index (χ2n) is 8.43. The van der Waals surface area contributed by atoms with E-state index in [9.17, 15) is 5.11 Å². The van der Waals surface area contributed by atoms with Gasteiger partial charge in [-0.05, 0) is 56.3 Å². The molecule has 7 nitrogen and oxygen atoms in total. The Morgan fingerprint density at radius 1 is 1.00 bits per heavy atom. The number of aliphatic hydroxyl groups excluding tert-OH is 1. The van der Waals surface area contributed by atoms with E-state index in [4.69, 9.17) is 24.2 Å². The van der Waals surface area contributed by atoms with Crippen molar-refractivity contribution >= 4 is 0 Å². The molecule has 3 aromatic rings. The summed E-state index contributed by atoms with van der Waals surface area (Å²) in [5.41, 5.74) is 3.70. The van der Waals surface area contributed by atoms with Crippen molar-refractivity contribution in [3.05, 3.63) is 54.2 Å². The molecule has 4 rings (SSSR count). The van der Waals surface area contributed by atoms with Crippen molar-refractivity contribution < 1.29 is 19.3 Å². The molecule has 0 spiro atoms. The first-order valence-corrected chi connectivity index (χ1v) is 12.0. The molecule has 1 aromatic heterocycles. The molecule has 0 fully saturated rings. The maximum Gasteiger partial charge on any atom is 0.162 e. The predicted molar refractivity (Wildman–Crippen MR) is 133 cm³/mol. The number of aliphatic hydroxyl groups is 1. The third-order valence-electron chi connectivity index (χ3n) is 5.63. The lowest BCUT2D eigenvalue weighted by Crippen LogP contribution is -2.29. The highest BCUT2D eigenvalue weighted by molar-refractivity contribution is 5.67. The summed E-state index contributed by atoms with van der Waals surface area (Å²) in [5.74, 6) is 2.83. The van der Waals surface area contributed by atoms with E-state index in [0.29, 0.717) is 31.3 Å². The zero-order valence-electron chi connectivity index (χ0n) is 19.9. The van der Waals surface area contributed by atoms with Crippen LogP contribution in [0.5, 0.6) is 17.2 Å². The van der Waals surface area contributed by atoms with Crippen molar-refractivity contribution in [1.29, 1.82) is 0 Å². The number of nitrogens with zero attached hydrogens (tertiary/aromatic N) is 2. The van der Waals surface area contributed by atoms with Crippen molar-refractivity contribution in [1.82, 2.24) is 15.3 Å². The molecule has 2 N–H and O–H groups in total. The smallest absolute Gasteiger partial charge is 0.162 e. The normalized spacial score (nSPS) is 13.5. The number of ether oxygens (including phenoxy) is 3. The fourth-order valence-corrected chi connectivity index (χ4v) is 3.87. The molecule has 0 radical (unpaired) electrons. The highest BCUT2D eigenvalue weighted by Crippen LogP contribution is 2.35. The average molecular weight is 464 g/mol. The van der Waals surface area contributed by atoms with Crippen LogP contribution in [0, 0.1) is 0 Å². The second kappa shape index (κ2) is 11.8. The quantitative estimate of drug-likeness (QED) is 0.411. The van der Waals surface area contributed by atoms with E-state index in [1.54, 1.807) is 7.05 Å². The van der Waals surface area contributed by atoms with E-state index in [-0.39, 0.29) is 6.61 Å². The SMILES string of the molecule is CCCCCc1cc(-c2ccc3c(c2)OCCO3)nc(-c2cccc(OCC(O)CNC)c2)n1. The Labute approximate surface area is 201 Å². The van der Waals surface area contributed by atoms with E-state index in [1.165, 1.54) is 0 Å². The highest BCUT2D eigenvalue weighted by atomic mass is 16.6. The van der Waals surface area contributed by atoms with Crippen molar-refractivity contribution in [3.63, 3.8) is 0 Å². The third-order valence-corrected chi connectivity index (χ3v) is 5.63. The maximum absolute atomic E-state index is 9.95. The molecule has 0 bridgehead atoms. The summed E-state index contributed by atoms with van der Waals surface area (Å²) >= 11 is 0. The number of rotatable bonds is 11. The summed E-state index contributed by atoms with van der Waals surface area (Å²) in [5, 5.41) is 12.9. The summed E-state index contributed by atoms with van der Waals surface area (Å²) < 4.78 is 17.2. The lowest BCUT2D eigenvalue weighted by molar-refractivity contribution is 0.108. The molecule has 0 saturated carbocycles. The molecule has 1 unspecified atom stereocenters. The average Bonchev–Trinajstić information content (AvgIpc) is 2.87. The highest BCUT2D eigenvalue weighted by Gasteiger charge is 2.15. The van der Waals surface area contributed by atoms with Gasteiger partial charge in [-0.15, -0.1) is 0 Å². The van der Waals surface area contributed by atoms with Crippen LogP contribution >= 0.6 is 0 Å². The molecule has 7 heteroatoms. The number of hydrogen-bond acceptors (Lipinski definition) is 7. The van der Waals surface area contributed by atoms with Gasteiger partial charge in [0, 0.05) is 23.4 Å². The second-order valence-corrected chi connectivity index (χ2v) is 8.43. The number of hydrogen-bond donors (Lipinski definition) is 2. The maximum atomic E-state index is 9.95. The first kappa shape index (κ1) is 24.0. The van der Waals surface area contributed by atoms with E-state index in [2.05, 4.69) is 18.3 Å². The Bertz CT molecular complexity index is 1090. The standard InChI is InChI=1S/C27H33N3O4/c1-3-4-5-8-21-16-24(19-10-11-25-26(15-19)33-13-12-32-25)30-27(29-21)20-7-6-9-23(14-20)34-18-22(31)17-28-2/h6-7,9-11,14-16,22,28,31H,3-5,8,12-13,17-18H2,1-2H3. The summed E-state index contributed by atoms with van der Waals surface area (Å²) in [6.07, 6.45) is 3.73. The van der Waals surface area contributed by atoms with Crippen LogP contribution in [0.3, 0.4) is 0 Å². The molecule has 180 valence electrons. The third kappa shape index (κ3) is 6.24. The number of benzene rings is 2. The summed E-state index contributed by atoms with van der Waals surface area (Å²) in [4.78, 5) is 9.77. The van der Waals surface area contributed by atoms with Gasteiger partial charge in [0.05, 0.1) is 5.69 Å². The molecular formula is C27H33N3O4. The first-order chi connectivity index (χ1) is 16.7. The van der Waals surface area contributed by atoms with Crippen molar-refractivity contribution in [2.24, 2.45) is 0 Å². The number of nitrogens with one attached hydrogen (secondary N) is 1. The van der Waals surface area contributed by atoms with Gasteiger partial charge in [0.1, 0.15) is 31.7 Å². The molecule has 1 aliphatic heterocycles. The van der Waals surface area contributed by atoms with Gasteiger partial charge in [0.2, 0.25) is 0 Å². The van der Waals surface area contributed by atoms with Crippen molar-refractivity contribution in [2.75, 3.05) is 33.4 Å². The van der Waals surface area contributed by atoms with Crippen LogP contribution in [0.25, 0.3) is 22.6 Å². The Hall–Kier alpha value is -3.16. The van der Waals surface area contributed by atoms with Gasteiger partial charge in [-0.25, -0.2) is 9.97 Å². The van der Waals surface area contributed by atoms with Crippen LogP contribution in [-0.4, -0.2) is 54.6 Å². The fourth-order valence-electron chi connectivity index (χ4n) is 3.87. The Balaban J connectivity index is 1.64. The molecule has 1 aliphatic rings. The van der Waals surface area contributed by atoms with Gasteiger partial charge >= 0.3 is 0 Å². The molecular weight excluding hydrogens is 430 g/mol. The molecule has 1 atom stereocenters. The minimum Gasteiger partial charge on any atom is -0.491 e. The zero-order chi connectivity index (χ0) is 23.8. The van der Waals surface area contributed by atoms with Crippen LogP contribution in [0.4, 0.5) is 0 Å². The van der Waals surface area contributed by atoms with Gasteiger partial charge in [-0.2, -0.15) is 0 Å². The van der Waals surface area contributed by atoms with Gasteiger partial charge in [-0.1, -0.05) is 31.9 Å². The van der Waals surface area contributed by atoms with Gasteiger partial charge in [0.25, 0.3) is 0 Å². The van der Waals surface area contributed by atoms with Crippen LogP contribution in [0.2, 0.25) is 0 Å². The molecule has 0 aliphatic carbocycles. The number of aromatic nitrogens is 2. The predicted octanol–water partition coefficient (Wildman–Crippen LogP) is 4.27. The first-order valence-electron chi connectivity index (χ1n) is 12.0.